The summed E-state index contributed by atoms with van der Waals surface area (Å²) in [4.78, 5) is 18.3. The van der Waals surface area contributed by atoms with Crippen LogP contribution in [0.2, 0.25) is 5.02 Å². The van der Waals surface area contributed by atoms with E-state index in [9.17, 15) is 4.79 Å². The van der Waals surface area contributed by atoms with E-state index in [1.807, 2.05) is 12.1 Å². The molecule has 1 aromatic heterocycles. The minimum Gasteiger partial charge on any atom is -0.484 e. The number of nitrogens with zero attached hydrogens (tertiary/aromatic N) is 1. The molecule has 0 spiro atoms. The molecular formula is C13H14ClN3O2. The number of halogens is 1. The van der Waals surface area contributed by atoms with Crippen LogP contribution >= 0.6 is 11.6 Å². The van der Waals surface area contributed by atoms with Gasteiger partial charge in [0.15, 0.2) is 0 Å². The van der Waals surface area contributed by atoms with Gasteiger partial charge in [0.1, 0.15) is 18.2 Å². The highest BCUT2D eigenvalue weighted by Gasteiger charge is 2.07. The fraction of sp³-hybridized carbons (Fsp3) is 0.231. The third-order valence-corrected chi connectivity index (χ3v) is 2.79. The van der Waals surface area contributed by atoms with Gasteiger partial charge in [-0.1, -0.05) is 23.7 Å². The molecule has 19 heavy (non-hydrogen) atoms. The third kappa shape index (κ3) is 3.56. The van der Waals surface area contributed by atoms with Gasteiger partial charge >= 0.3 is 0 Å². The molecule has 6 heteroatoms. The van der Waals surface area contributed by atoms with E-state index in [-0.39, 0.29) is 18.2 Å². The predicted molar refractivity (Wildman–Crippen MR) is 73.2 cm³/mol. The maximum Gasteiger partial charge on any atom is 0.251 e. The van der Waals surface area contributed by atoms with Gasteiger partial charge in [-0.25, -0.2) is 4.98 Å². The number of aromatic amines is 1. The Hall–Kier alpha value is -1.85. The summed E-state index contributed by atoms with van der Waals surface area (Å²) in [7, 11) is 0. The zero-order valence-electron chi connectivity index (χ0n) is 10.4. The monoisotopic (exact) mass is 279 g/mol. The average Bonchev–Trinajstić information content (AvgIpc) is 2.37. The van der Waals surface area contributed by atoms with E-state index in [1.165, 1.54) is 6.07 Å². The van der Waals surface area contributed by atoms with E-state index in [0.717, 1.165) is 0 Å². The van der Waals surface area contributed by atoms with Crippen LogP contribution in [-0.4, -0.2) is 9.97 Å². The van der Waals surface area contributed by atoms with Gasteiger partial charge in [-0.05, 0) is 19.1 Å². The van der Waals surface area contributed by atoms with Gasteiger partial charge in [-0.2, -0.15) is 0 Å². The van der Waals surface area contributed by atoms with Gasteiger partial charge in [-0.15, -0.1) is 0 Å². The molecule has 0 aliphatic heterocycles. The van der Waals surface area contributed by atoms with Crippen LogP contribution in [0.1, 0.15) is 24.5 Å². The minimum atomic E-state index is -0.304. The van der Waals surface area contributed by atoms with Gasteiger partial charge < -0.3 is 15.5 Å². The lowest BCUT2D eigenvalue weighted by Crippen LogP contribution is -2.18. The summed E-state index contributed by atoms with van der Waals surface area (Å²) < 4.78 is 5.51. The molecule has 1 atom stereocenters. The Morgan fingerprint density at radius 1 is 1.47 bits per heavy atom. The molecule has 0 saturated carbocycles. The van der Waals surface area contributed by atoms with Crippen molar-refractivity contribution in [2.45, 2.75) is 19.6 Å². The average molecular weight is 280 g/mol. The second kappa shape index (κ2) is 5.86. The maximum atomic E-state index is 11.5. The van der Waals surface area contributed by atoms with Crippen molar-refractivity contribution in [2.24, 2.45) is 5.73 Å². The Morgan fingerprint density at radius 3 is 2.89 bits per heavy atom. The Morgan fingerprint density at radius 2 is 2.21 bits per heavy atom. The number of benzene rings is 1. The van der Waals surface area contributed by atoms with Gasteiger partial charge in [0.2, 0.25) is 0 Å². The summed E-state index contributed by atoms with van der Waals surface area (Å²) in [6.07, 6.45) is 0. The number of hydrogen-bond donors (Lipinski definition) is 2. The Bertz CT molecular complexity index is 625. The van der Waals surface area contributed by atoms with Gasteiger partial charge in [0.05, 0.1) is 10.7 Å². The molecule has 0 saturated heterocycles. The van der Waals surface area contributed by atoms with Crippen molar-refractivity contribution in [3.63, 3.8) is 0 Å². The van der Waals surface area contributed by atoms with Crippen molar-refractivity contribution in [1.82, 2.24) is 9.97 Å². The van der Waals surface area contributed by atoms with E-state index in [1.54, 1.807) is 19.1 Å². The fourth-order valence-corrected chi connectivity index (χ4v) is 1.73. The quantitative estimate of drug-likeness (QED) is 0.897. The first-order chi connectivity index (χ1) is 9.06. The number of rotatable bonds is 4. The highest BCUT2D eigenvalue weighted by atomic mass is 35.5. The topological polar surface area (TPSA) is 81.0 Å². The molecule has 0 amide bonds. The molecule has 2 rings (SSSR count). The summed E-state index contributed by atoms with van der Waals surface area (Å²) in [5.74, 6) is 0.956. The predicted octanol–water partition coefficient (Wildman–Crippen LogP) is 2.02. The number of nitrogens with one attached hydrogen (secondary N) is 1. The summed E-state index contributed by atoms with van der Waals surface area (Å²) in [6.45, 7) is 1.89. The third-order valence-electron chi connectivity index (χ3n) is 2.48. The molecule has 0 radical (unpaired) electrons. The lowest BCUT2D eigenvalue weighted by molar-refractivity contribution is 0.295. The first kappa shape index (κ1) is 13.6. The smallest absolute Gasteiger partial charge is 0.251 e. The molecule has 1 heterocycles. The Labute approximate surface area is 115 Å². The second-order valence-electron chi connectivity index (χ2n) is 4.12. The number of para-hydroxylation sites is 1. The van der Waals surface area contributed by atoms with E-state index in [2.05, 4.69) is 9.97 Å². The summed E-state index contributed by atoms with van der Waals surface area (Å²) in [5.41, 5.74) is 5.98. The molecule has 100 valence electrons. The van der Waals surface area contributed by atoms with Crippen molar-refractivity contribution in [3.05, 3.63) is 57.2 Å². The molecule has 0 aliphatic carbocycles. The van der Waals surface area contributed by atoms with Crippen molar-refractivity contribution >= 4 is 11.6 Å². The van der Waals surface area contributed by atoms with Crippen LogP contribution < -0.4 is 16.0 Å². The number of aromatic nitrogens is 2. The summed E-state index contributed by atoms with van der Waals surface area (Å²) in [5, 5.41) is 0.508. The molecule has 2 aromatic rings. The molecule has 5 nitrogen and oxygen atoms in total. The fourth-order valence-electron chi connectivity index (χ4n) is 1.54. The highest BCUT2D eigenvalue weighted by molar-refractivity contribution is 6.32. The Balaban J connectivity index is 2.16. The van der Waals surface area contributed by atoms with Crippen LogP contribution in [0, 0.1) is 0 Å². The number of ether oxygens (including phenoxy) is 1. The van der Waals surface area contributed by atoms with Crippen molar-refractivity contribution in [3.8, 4) is 5.75 Å². The zero-order valence-corrected chi connectivity index (χ0v) is 11.1. The van der Waals surface area contributed by atoms with Crippen LogP contribution in [0.25, 0.3) is 0 Å². The van der Waals surface area contributed by atoms with Crippen LogP contribution in [0.4, 0.5) is 0 Å². The molecule has 1 unspecified atom stereocenters. The molecule has 1 aromatic carbocycles. The van der Waals surface area contributed by atoms with Crippen molar-refractivity contribution < 1.29 is 4.74 Å². The lowest BCUT2D eigenvalue weighted by Gasteiger charge is -2.09. The largest absolute Gasteiger partial charge is 0.484 e. The lowest BCUT2D eigenvalue weighted by atomic mass is 10.2. The van der Waals surface area contributed by atoms with Crippen LogP contribution in [0.15, 0.2) is 35.1 Å². The SMILES string of the molecule is CC(N)c1cc(=O)[nH]c(COc2ccccc2Cl)n1. The van der Waals surface area contributed by atoms with Crippen LogP contribution in [-0.2, 0) is 6.61 Å². The van der Waals surface area contributed by atoms with Gasteiger partial charge in [0, 0.05) is 12.1 Å². The van der Waals surface area contributed by atoms with Crippen molar-refractivity contribution in [2.75, 3.05) is 0 Å². The van der Waals surface area contributed by atoms with E-state index >= 15 is 0 Å². The molecular weight excluding hydrogens is 266 g/mol. The minimum absolute atomic E-state index is 0.125. The van der Waals surface area contributed by atoms with Crippen molar-refractivity contribution in [1.29, 1.82) is 0 Å². The maximum absolute atomic E-state index is 11.5. The Kier molecular flexibility index (Phi) is 4.19. The highest BCUT2D eigenvalue weighted by Crippen LogP contribution is 2.23. The molecule has 0 bridgehead atoms. The molecule has 3 N–H and O–H groups in total. The number of hydrogen-bond acceptors (Lipinski definition) is 4. The second-order valence-corrected chi connectivity index (χ2v) is 4.53. The zero-order chi connectivity index (χ0) is 13.8. The normalized spacial score (nSPS) is 12.2. The number of nitrogens with two attached hydrogens (primary N) is 1. The van der Waals surface area contributed by atoms with Gasteiger partial charge in [0.25, 0.3) is 5.56 Å². The molecule has 0 aliphatic rings. The standard InChI is InChI=1S/C13H14ClN3O2/c1-8(15)10-6-13(18)17-12(16-10)7-19-11-5-3-2-4-9(11)14/h2-6,8H,7,15H2,1H3,(H,16,17,18). The summed E-state index contributed by atoms with van der Waals surface area (Å²) in [6, 6.07) is 8.17. The first-order valence-electron chi connectivity index (χ1n) is 5.79. The van der Waals surface area contributed by atoms with E-state index in [4.69, 9.17) is 22.1 Å². The number of H-pyrrole nitrogens is 1. The van der Waals surface area contributed by atoms with Gasteiger partial charge in [-0.3, -0.25) is 4.79 Å². The van der Waals surface area contributed by atoms with Crippen LogP contribution in [0.5, 0.6) is 5.75 Å². The molecule has 0 fully saturated rings. The van der Waals surface area contributed by atoms with E-state index in [0.29, 0.717) is 22.3 Å². The van der Waals surface area contributed by atoms with E-state index < -0.39 is 0 Å². The first-order valence-corrected chi connectivity index (χ1v) is 6.17. The van der Waals surface area contributed by atoms with Crippen LogP contribution in [0.3, 0.4) is 0 Å². The summed E-state index contributed by atoms with van der Waals surface area (Å²) >= 11 is 5.97.